The van der Waals surface area contributed by atoms with Gasteiger partial charge in [-0.1, -0.05) is 68.3 Å². The van der Waals surface area contributed by atoms with E-state index < -0.39 is 5.66 Å². The molecule has 0 saturated heterocycles. The number of benzene rings is 2. The van der Waals surface area contributed by atoms with E-state index in [1.165, 1.54) is 0 Å². The van der Waals surface area contributed by atoms with Gasteiger partial charge in [0.25, 0.3) is 17.8 Å². The molecule has 2 heterocycles. The quantitative estimate of drug-likeness (QED) is 0.561. The predicted octanol–water partition coefficient (Wildman–Crippen LogP) is 4.22. The van der Waals surface area contributed by atoms with Crippen LogP contribution in [0.4, 0.5) is 5.95 Å². The van der Waals surface area contributed by atoms with Crippen LogP contribution in [0.3, 0.4) is 0 Å². The van der Waals surface area contributed by atoms with Crippen molar-refractivity contribution in [3.05, 3.63) is 71.3 Å². The van der Waals surface area contributed by atoms with Crippen LogP contribution in [0.2, 0.25) is 0 Å². The molecule has 0 unspecified atom stereocenters. The molecular weight excluding hydrogens is 454 g/mol. The van der Waals surface area contributed by atoms with Gasteiger partial charge in [0.05, 0.1) is 0 Å². The molecule has 9 nitrogen and oxygen atoms in total. The molecule has 1 fully saturated rings. The summed E-state index contributed by atoms with van der Waals surface area (Å²) in [7, 11) is 0. The molecule has 2 aliphatic rings. The highest BCUT2D eigenvalue weighted by molar-refractivity contribution is 6.46. The Morgan fingerprint density at radius 1 is 1.08 bits per heavy atom. The zero-order valence-corrected chi connectivity index (χ0v) is 20.9. The SMILES string of the molecule is CC(C)(C)C1CCC2(CC1)N=C(c1ccccc1)C(=O)N2Cc1ccc(C(=O)Nc2nn[nH]n2)cc1. The summed E-state index contributed by atoms with van der Waals surface area (Å²) < 4.78 is 0. The Hall–Kier alpha value is -3.88. The first kappa shape index (κ1) is 23.8. The lowest BCUT2D eigenvalue weighted by Crippen LogP contribution is -2.49. The lowest BCUT2D eigenvalue weighted by molar-refractivity contribution is -0.130. The van der Waals surface area contributed by atoms with E-state index in [4.69, 9.17) is 4.99 Å². The molecule has 5 rings (SSSR count). The second-order valence-corrected chi connectivity index (χ2v) is 10.7. The van der Waals surface area contributed by atoms with Crippen molar-refractivity contribution < 1.29 is 9.59 Å². The van der Waals surface area contributed by atoms with Gasteiger partial charge in [0.15, 0.2) is 0 Å². The highest BCUT2D eigenvalue weighted by Gasteiger charge is 2.49. The van der Waals surface area contributed by atoms with Crippen molar-refractivity contribution >= 4 is 23.5 Å². The number of tetrazole rings is 1. The van der Waals surface area contributed by atoms with E-state index in [9.17, 15) is 9.59 Å². The number of carbonyl (C=O) groups is 2. The third-order valence-corrected chi connectivity index (χ3v) is 7.46. The van der Waals surface area contributed by atoms with E-state index in [0.717, 1.165) is 36.8 Å². The third kappa shape index (κ3) is 4.65. The third-order valence-electron chi connectivity index (χ3n) is 7.46. The van der Waals surface area contributed by atoms with E-state index in [0.29, 0.717) is 23.7 Å². The maximum Gasteiger partial charge on any atom is 0.274 e. The molecule has 1 aromatic heterocycles. The number of hydrogen-bond donors (Lipinski definition) is 2. The van der Waals surface area contributed by atoms with E-state index >= 15 is 0 Å². The monoisotopic (exact) mass is 485 g/mol. The van der Waals surface area contributed by atoms with Gasteiger partial charge in [-0.3, -0.25) is 19.9 Å². The average Bonchev–Trinajstić information content (AvgIpc) is 3.47. The van der Waals surface area contributed by atoms with Gasteiger partial charge in [-0.15, -0.1) is 5.10 Å². The molecule has 186 valence electrons. The van der Waals surface area contributed by atoms with Gasteiger partial charge in [0.2, 0.25) is 0 Å². The molecular formula is C27H31N7O2. The number of aromatic nitrogens is 4. The lowest BCUT2D eigenvalue weighted by atomic mass is 9.69. The maximum atomic E-state index is 13.7. The van der Waals surface area contributed by atoms with Crippen LogP contribution in [0.5, 0.6) is 0 Å². The van der Waals surface area contributed by atoms with Crippen LogP contribution in [0, 0.1) is 11.3 Å². The number of aromatic amines is 1. The first-order valence-electron chi connectivity index (χ1n) is 12.4. The summed E-state index contributed by atoms with van der Waals surface area (Å²) in [6.45, 7) is 7.32. The standard InChI is InChI=1S/C27H31N7O2/c1-26(2,3)21-13-15-27(16-14-21)29-22(19-7-5-4-6-8-19)24(36)34(27)17-18-9-11-20(12-10-18)23(35)28-25-30-32-33-31-25/h4-12,21H,13-17H2,1-3H3,(H2,28,30,31,32,33,35). The minimum absolute atomic E-state index is 0.0330. The fourth-order valence-corrected chi connectivity index (χ4v) is 5.30. The number of aliphatic imine (C=N–C) groups is 1. The van der Waals surface area contributed by atoms with Crippen molar-refractivity contribution in [1.82, 2.24) is 25.5 Å². The first-order chi connectivity index (χ1) is 17.2. The Morgan fingerprint density at radius 2 is 1.78 bits per heavy atom. The summed E-state index contributed by atoms with van der Waals surface area (Å²) >= 11 is 0. The van der Waals surface area contributed by atoms with Crippen LogP contribution in [-0.2, 0) is 11.3 Å². The van der Waals surface area contributed by atoms with Gasteiger partial charge >= 0.3 is 0 Å². The Labute approximate surface area is 210 Å². The number of amides is 2. The van der Waals surface area contributed by atoms with Gasteiger partial charge in [-0.25, -0.2) is 0 Å². The van der Waals surface area contributed by atoms with Crippen LogP contribution in [0.1, 0.15) is 67.9 Å². The summed E-state index contributed by atoms with van der Waals surface area (Å²) in [4.78, 5) is 33.2. The number of H-pyrrole nitrogens is 1. The van der Waals surface area contributed by atoms with Gasteiger partial charge < -0.3 is 4.90 Å². The summed E-state index contributed by atoms with van der Waals surface area (Å²) in [6.07, 6.45) is 3.77. The van der Waals surface area contributed by atoms with Gasteiger partial charge in [0, 0.05) is 17.7 Å². The number of nitrogens with one attached hydrogen (secondary N) is 2. The topological polar surface area (TPSA) is 116 Å². The average molecular weight is 486 g/mol. The largest absolute Gasteiger partial charge is 0.308 e. The zero-order valence-electron chi connectivity index (χ0n) is 20.9. The molecule has 2 N–H and O–H groups in total. The molecule has 9 heteroatoms. The van der Waals surface area contributed by atoms with Crippen LogP contribution in [-0.4, -0.2) is 48.7 Å². The van der Waals surface area contributed by atoms with Crippen molar-refractivity contribution in [3.8, 4) is 0 Å². The molecule has 0 radical (unpaired) electrons. The minimum atomic E-state index is -0.529. The van der Waals surface area contributed by atoms with Gasteiger partial charge in [-0.05, 0) is 59.9 Å². The second-order valence-electron chi connectivity index (χ2n) is 10.7. The molecule has 36 heavy (non-hydrogen) atoms. The van der Waals surface area contributed by atoms with Crippen molar-refractivity contribution in [1.29, 1.82) is 0 Å². The molecule has 1 aliphatic carbocycles. The van der Waals surface area contributed by atoms with Crippen molar-refractivity contribution in [2.24, 2.45) is 16.3 Å². The van der Waals surface area contributed by atoms with Gasteiger partial charge in [0.1, 0.15) is 11.4 Å². The number of carbonyl (C=O) groups excluding carboxylic acids is 2. The summed E-state index contributed by atoms with van der Waals surface area (Å²) in [5, 5.41) is 15.8. The van der Waals surface area contributed by atoms with E-state index in [1.807, 2.05) is 47.4 Å². The van der Waals surface area contributed by atoms with Gasteiger partial charge in [-0.2, -0.15) is 5.21 Å². The van der Waals surface area contributed by atoms with Crippen LogP contribution < -0.4 is 5.32 Å². The van der Waals surface area contributed by atoms with Crippen LogP contribution in [0.15, 0.2) is 59.6 Å². The summed E-state index contributed by atoms with van der Waals surface area (Å²) in [6, 6.07) is 17.0. The van der Waals surface area contributed by atoms with E-state index in [2.05, 4.69) is 46.7 Å². The van der Waals surface area contributed by atoms with Crippen molar-refractivity contribution in [3.63, 3.8) is 0 Å². The number of nitrogens with zero attached hydrogens (tertiary/aromatic N) is 5. The molecule has 0 atom stereocenters. The molecule has 3 aromatic rings. The predicted molar refractivity (Wildman–Crippen MR) is 136 cm³/mol. The second kappa shape index (κ2) is 9.29. The molecule has 1 spiro atoms. The fourth-order valence-electron chi connectivity index (χ4n) is 5.30. The summed E-state index contributed by atoms with van der Waals surface area (Å²) in [5.74, 6) is 0.361. The van der Waals surface area contributed by atoms with E-state index in [1.54, 1.807) is 12.1 Å². The van der Waals surface area contributed by atoms with Crippen molar-refractivity contribution in [2.45, 2.75) is 58.7 Å². The molecule has 2 amide bonds. The number of rotatable bonds is 5. The van der Waals surface area contributed by atoms with Crippen molar-refractivity contribution in [2.75, 3.05) is 5.32 Å². The number of hydrogen-bond acceptors (Lipinski definition) is 6. The molecule has 2 aromatic carbocycles. The van der Waals surface area contributed by atoms with Crippen LogP contribution in [0.25, 0.3) is 0 Å². The first-order valence-corrected chi connectivity index (χ1v) is 12.4. The number of anilines is 1. The normalized spacial score (nSPS) is 22.1. The Bertz CT molecular complexity index is 1250. The summed E-state index contributed by atoms with van der Waals surface area (Å²) in [5.41, 5.74) is 2.52. The van der Waals surface area contributed by atoms with Crippen LogP contribution >= 0.6 is 0 Å². The Kier molecular flexibility index (Phi) is 6.15. The molecule has 0 bridgehead atoms. The minimum Gasteiger partial charge on any atom is -0.308 e. The Morgan fingerprint density at radius 3 is 2.39 bits per heavy atom. The fraction of sp³-hybridized carbons (Fsp3) is 0.407. The maximum absolute atomic E-state index is 13.7. The smallest absolute Gasteiger partial charge is 0.274 e. The van der Waals surface area contributed by atoms with E-state index in [-0.39, 0.29) is 23.2 Å². The highest BCUT2D eigenvalue weighted by atomic mass is 16.2. The highest BCUT2D eigenvalue weighted by Crippen LogP contribution is 2.47. The zero-order chi connectivity index (χ0) is 25.3. The molecule has 1 aliphatic heterocycles. The lowest BCUT2D eigenvalue weighted by Gasteiger charge is -2.44. The Balaban J connectivity index is 1.38. The molecule has 1 saturated carbocycles.